The second-order valence-corrected chi connectivity index (χ2v) is 6.66. The summed E-state index contributed by atoms with van der Waals surface area (Å²) in [6, 6.07) is 0. The van der Waals surface area contributed by atoms with Crippen LogP contribution in [0.15, 0.2) is 28.5 Å². The zero-order valence-electron chi connectivity index (χ0n) is 12.6. The summed E-state index contributed by atoms with van der Waals surface area (Å²) in [5.74, 6) is 0.944. The first-order valence-electron chi connectivity index (χ1n) is 7.05. The number of aliphatic imine (C=N–C) groups is 1. The Hall–Kier alpha value is -1.71. The minimum atomic E-state index is -0.221. The quantitative estimate of drug-likeness (QED) is 0.591. The molecule has 4 heteroatoms. The van der Waals surface area contributed by atoms with E-state index in [-0.39, 0.29) is 28.5 Å². The summed E-state index contributed by atoms with van der Waals surface area (Å²) in [4.78, 5) is 28.4. The van der Waals surface area contributed by atoms with Crippen LogP contribution in [0.3, 0.4) is 0 Å². The van der Waals surface area contributed by atoms with Crippen LogP contribution in [0.25, 0.3) is 0 Å². The molecule has 1 atom stereocenters. The molecular formula is C16H22N2O2. The number of allylic oxidation sites excluding steroid dienone is 2. The minimum Gasteiger partial charge on any atom is -0.349 e. The Balaban J connectivity index is 2.12. The lowest BCUT2D eigenvalue weighted by Crippen LogP contribution is -2.34. The Labute approximate surface area is 120 Å². The van der Waals surface area contributed by atoms with Crippen LogP contribution >= 0.6 is 0 Å². The second kappa shape index (κ2) is 5.35. The molecule has 1 fully saturated rings. The smallest absolute Gasteiger partial charge is 0.168 e. The monoisotopic (exact) mass is 274 g/mol. The van der Waals surface area contributed by atoms with E-state index in [9.17, 15) is 9.59 Å². The Bertz CT molecular complexity index is 517. The molecule has 4 nitrogen and oxygen atoms in total. The van der Waals surface area contributed by atoms with Crippen molar-refractivity contribution in [3.05, 3.63) is 23.5 Å². The lowest BCUT2D eigenvalue weighted by molar-refractivity contribution is -0.127. The minimum absolute atomic E-state index is 0.0745. The van der Waals surface area contributed by atoms with Crippen LogP contribution in [0.5, 0.6) is 0 Å². The Kier molecular flexibility index (Phi) is 3.93. The van der Waals surface area contributed by atoms with Crippen LogP contribution < -0.4 is 5.32 Å². The predicted octanol–water partition coefficient (Wildman–Crippen LogP) is 2.76. The lowest BCUT2D eigenvalue weighted by atomic mass is 9.74. The van der Waals surface area contributed by atoms with Crippen molar-refractivity contribution >= 4 is 17.4 Å². The van der Waals surface area contributed by atoms with Gasteiger partial charge in [0.25, 0.3) is 0 Å². The SMILES string of the molecule is CC1=CN=C(NC=C2C(=O)CC(C)(C)CC2=O)C(C)C1. The molecule has 0 bridgehead atoms. The largest absolute Gasteiger partial charge is 0.349 e. The Morgan fingerprint density at radius 2 is 1.90 bits per heavy atom. The predicted molar refractivity (Wildman–Crippen MR) is 79.2 cm³/mol. The summed E-state index contributed by atoms with van der Waals surface area (Å²) < 4.78 is 0. The van der Waals surface area contributed by atoms with E-state index in [2.05, 4.69) is 17.2 Å². The zero-order valence-corrected chi connectivity index (χ0v) is 12.6. The van der Waals surface area contributed by atoms with Crippen LogP contribution in [-0.2, 0) is 9.59 Å². The van der Waals surface area contributed by atoms with Gasteiger partial charge in [-0.25, -0.2) is 4.99 Å². The van der Waals surface area contributed by atoms with E-state index >= 15 is 0 Å². The highest BCUT2D eigenvalue weighted by molar-refractivity contribution is 6.22. The van der Waals surface area contributed by atoms with Crippen LogP contribution in [0.1, 0.15) is 47.0 Å². The number of nitrogens with one attached hydrogen (secondary N) is 1. The molecule has 0 aromatic carbocycles. The molecule has 0 saturated heterocycles. The van der Waals surface area contributed by atoms with Gasteiger partial charge in [-0.1, -0.05) is 26.3 Å². The summed E-state index contributed by atoms with van der Waals surface area (Å²) in [7, 11) is 0. The van der Waals surface area contributed by atoms with Gasteiger partial charge in [-0.05, 0) is 18.8 Å². The molecule has 1 aliphatic carbocycles. The van der Waals surface area contributed by atoms with Crippen molar-refractivity contribution in [1.29, 1.82) is 0 Å². The van der Waals surface area contributed by atoms with E-state index in [1.165, 1.54) is 5.57 Å². The first-order chi connectivity index (χ1) is 9.28. The third-order valence-corrected chi connectivity index (χ3v) is 3.76. The molecule has 0 amide bonds. The molecule has 1 unspecified atom stereocenters. The molecule has 1 aliphatic heterocycles. The van der Waals surface area contributed by atoms with Crippen LogP contribution in [-0.4, -0.2) is 17.4 Å². The normalized spacial score (nSPS) is 26.0. The average molecular weight is 274 g/mol. The first-order valence-corrected chi connectivity index (χ1v) is 7.05. The zero-order chi connectivity index (χ0) is 14.9. The number of ketones is 2. The van der Waals surface area contributed by atoms with Gasteiger partial charge in [0.15, 0.2) is 11.6 Å². The maximum Gasteiger partial charge on any atom is 0.168 e. The number of Topliss-reactive ketones (excluding diaryl/α,β-unsaturated/α-hetero) is 2. The van der Waals surface area contributed by atoms with Gasteiger partial charge in [0.1, 0.15) is 5.84 Å². The summed E-state index contributed by atoms with van der Waals surface area (Å²) in [5, 5.41) is 3.05. The van der Waals surface area contributed by atoms with Gasteiger partial charge in [0.05, 0.1) is 5.57 Å². The van der Waals surface area contributed by atoms with Gasteiger partial charge in [0, 0.05) is 31.2 Å². The van der Waals surface area contributed by atoms with E-state index in [0.29, 0.717) is 12.8 Å². The summed E-state index contributed by atoms with van der Waals surface area (Å²) >= 11 is 0. The molecule has 20 heavy (non-hydrogen) atoms. The fourth-order valence-corrected chi connectivity index (χ4v) is 2.70. The van der Waals surface area contributed by atoms with E-state index in [4.69, 9.17) is 0 Å². The molecular weight excluding hydrogens is 252 g/mol. The van der Waals surface area contributed by atoms with Crippen molar-refractivity contribution in [2.75, 3.05) is 0 Å². The topological polar surface area (TPSA) is 58.5 Å². The summed E-state index contributed by atoms with van der Waals surface area (Å²) in [5.41, 5.74) is 1.30. The molecule has 0 radical (unpaired) electrons. The van der Waals surface area contributed by atoms with Gasteiger partial charge in [0.2, 0.25) is 0 Å². The first kappa shape index (κ1) is 14.7. The number of carbonyl (C=O) groups excluding carboxylic acids is 2. The van der Waals surface area contributed by atoms with E-state index < -0.39 is 0 Å². The van der Waals surface area contributed by atoms with Crippen molar-refractivity contribution in [2.45, 2.75) is 47.0 Å². The van der Waals surface area contributed by atoms with Gasteiger partial charge in [-0.15, -0.1) is 0 Å². The summed E-state index contributed by atoms with van der Waals surface area (Å²) in [6.07, 6.45) is 5.17. The van der Waals surface area contributed by atoms with Crippen molar-refractivity contribution in [3.63, 3.8) is 0 Å². The number of rotatable bonds is 1. The Morgan fingerprint density at radius 1 is 1.30 bits per heavy atom. The van der Waals surface area contributed by atoms with Crippen LogP contribution in [0.4, 0.5) is 0 Å². The van der Waals surface area contributed by atoms with Crippen molar-refractivity contribution in [2.24, 2.45) is 16.3 Å². The number of hydrogen-bond acceptors (Lipinski definition) is 4. The molecule has 0 spiro atoms. The van der Waals surface area contributed by atoms with Gasteiger partial charge >= 0.3 is 0 Å². The van der Waals surface area contributed by atoms with E-state index in [0.717, 1.165) is 12.3 Å². The standard InChI is InChI=1S/C16H22N2O2/c1-10-5-11(2)15(17-8-10)18-9-12-13(19)6-16(3,4)7-14(12)20/h8-9,11H,5-7H2,1-4H3,(H,17,18). The molecule has 0 aromatic heterocycles. The number of hydrogen-bond donors (Lipinski definition) is 1. The molecule has 1 N–H and O–H groups in total. The molecule has 1 heterocycles. The van der Waals surface area contributed by atoms with Gasteiger partial charge < -0.3 is 5.32 Å². The Morgan fingerprint density at radius 3 is 2.45 bits per heavy atom. The highest BCUT2D eigenvalue weighted by Crippen LogP contribution is 2.33. The maximum atomic E-state index is 12.0. The second-order valence-electron chi connectivity index (χ2n) is 6.66. The number of carbonyl (C=O) groups is 2. The fraction of sp³-hybridized carbons (Fsp3) is 0.562. The van der Waals surface area contributed by atoms with E-state index in [1.54, 1.807) is 6.20 Å². The molecule has 108 valence electrons. The van der Waals surface area contributed by atoms with E-state index in [1.807, 2.05) is 27.0 Å². The average Bonchev–Trinajstić information content (AvgIpc) is 2.28. The molecule has 1 saturated carbocycles. The maximum absolute atomic E-state index is 12.0. The molecule has 0 aromatic rings. The van der Waals surface area contributed by atoms with Gasteiger partial charge in [-0.3, -0.25) is 9.59 Å². The number of nitrogens with zero attached hydrogens (tertiary/aromatic N) is 1. The molecule has 2 aliphatic rings. The third kappa shape index (κ3) is 3.24. The fourth-order valence-electron chi connectivity index (χ4n) is 2.70. The van der Waals surface area contributed by atoms with Crippen LogP contribution in [0, 0.1) is 11.3 Å². The van der Waals surface area contributed by atoms with Crippen LogP contribution in [0.2, 0.25) is 0 Å². The third-order valence-electron chi connectivity index (χ3n) is 3.76. The molecule has 2 rings (SSSR count). The van der Waals surface area contributed by atoms with Gasteiger partial charge in [-0.2, -0.15) is 0 Å². The van der Waals surface area contributed by atoms with Crippen molar-refractivity contribution < 1.29 is 9.59 Å². The van der Waals surface area contributed by atoms with Crippen molar-refractivity contribution in [1.82, 2.24) is 5.32 Å². The number of amidine groups is 1. The van der Waals surface area contributed by atoms with Crippen molar-refractivity contribution in [3.8, 4) is 0 Å². The highest BCUT2D eigenvalue weighted by atomic mass is 16.1. The lowest BCUT2D eigenvalue weighted by Gasteiger charge is -2.28. The highest BCUT2D eigenvalue weighted by Gasteiger charge is 2.35. The summed E-state index contributed by atoms with van der Waals surface area (Å²) in [6.45, 7) is 8.03.